The van der Waals surface area contributed by atoms with Crippen molar-refractivity contribution in [2.24, 2.45) is 0 Å². The van der Waals surface area contributed by atoms with E-state index in [1.54, 1.807) is 11.3 Å². The second-order valence-corrected chi connectivity index (χ2v) is 6.99. The molecule has 0 amide bonds. The smallest absolute Gasteiger partial charge is 0.254 e. The number of halogens is 1. The van der Waals surface area contributed by atoms with E-state index in [-0.39, 0.29) is 5.56 Å². The lowest BCUT2D eigenvalue weighted by atomic mass is 10.1. The van der Waals surface area contributed by atoms with Gasteiger partial charge < -0.3 is 4.98 Å². The molecule has 3 aromatic rings. The highest BCUT2D eigenvalue weighted by atomic mass is 35.5. The van der Waals surface area contributed by atoms with Crippen LogP contribution in [0.15, 0.2) is 16.4 Å². The van der Waals surface area contributed by atoms with Gasteiger partial charge in [0.25, 0.3) is 5.56 Å². The summed E-state index contributed by atoms with van der Waals surface area (Å²) in [5.74, 6) is 0.681. The van der Waals surface area contributed by atoms with Crippen LogP contribution in [-0.2, 0) is 19.4 Å². The Labute approximate surface area is 141 Å². The number of thiazole rings is 1. The molecule has 0 radical (unpaired) electrons. The van der Waals surface area contributed by atoms with Crippen molar-refractivity contribution >= 4 is 27.9 Å². The second kappa shape index (κ2) is 5.74. The molecule has 3 aromatic heterocycles. The molecular weight excluding hydrogens is 334 g/mol. The summed E-state index contributed by atoms with van der Waals surface area (Å²) in [5, 5.41) is 2.57. The molecule has 0 spiro atoms. The van der Waals surface area contributed by atoms with Gasteiger partial charge in [0.05, 0.1) is 11.4 Å². The molecule has 1 aliphatic rings. The van der Waals surface area contributed by atoms with Crippen LogP contribution in [0.4, 0.5) is 0 Å². The zero-order valence-electron chi connectivity index (χ0n) is 12.7. The zero-order chi connectivity index (χ0) is 16.0. The van der Waals surface area contributed by atoms with Gasteiger partial charge in [0.2, 0.25) is 0 Å². The van der Waals surface area contributed by atoms with Gasteiger partial charge in [0, 0.05) is 43.2 Å². The fourth-order valence-corrected chi connectivity index (χ4v) is 4.11. The van der Waals surface area contributed by atoms with E-state index in [0.29, 0.717) is 17.4 Å². The Balaban J connectivity index is 1.59. The van der Waals surface area contributed by atoms with Crippen LogP contribution in [0.25, 0.3) is 4.96 Å². The lowest BCUT2D eigenvalue weighted by Crippen LogP contribution is -2.27. The molecule has 0 fully saturated rings. The molecular formula is C15H16ClN5OS. The fraction of sp³-hybridized carbons (Fsp3) is 0.400. The maximum absolute atomic E-state index is 12.1. The number of aromatic nitrogens is 4. The number of nitrogens with one attached hydrogen (secondary N) is 1. The van der Waals surface area contributed by atoms with Gasteiger partial charge in [0.1, 0.15) is 5.82 Å². The number of imidazole rings is 1. The first kappa shape index (κ1) is 14.9. The number of aryl methyl sites for hydroxylation is 1. The maximum Gasteiger partial charge on any atom is 0.254 e. The highest BCUT2D eigenvalue weighted by molar-refractivity contribution is 7.15. The molecule has 1 N–H and O–H groups in total. The molecule has 6 nitrogen and oxygen atoms in total. The van der Waals surface area contributed by atoms with Crippen LogP contribution in [-0.4, -0.2) is 37.3 Å². The molecule has 0 aromatic carbocycles. The van der Waals surface area contributed by atoms with Crippen LogP contribution in [0, 0.1) is 6.92 Å². The monoisotopic (exact) mass is 349 g/mol. The van der Waals surface area contributed by atoms with Crippen molar-refractivity contribution in [3.05, 3.63) is 49.9 Å². The van der Waals surface area contributed by atoms with Crippen molar-refractivity contribution in [3.8, 4) is 0 Å². The summed E-state index contributed by atoms with van der Waals surface area (Å²) in [7, 11) is 0. The lowest BCUT2D eigenvalue weighted by Gasteiger charge is -2.19. The molecule has 23 heavy (non-hydrogen) atoms. The van der Waals surface area contributed by atoms with Crippen LogP contribution in [0.1, 0.15) is 22.8 Å². The van der Waals surface area contributed by atoms with Crippen LogP contribution in [0.2, 0.25) is 5.15 Å². The van der Waals surface area contributed by atoms with Gasteiger partial charge in [-0.15, -0.1) is 11.3 Å². The molecule has 0 unspecified atom stereocenters. The summed E-state index contributed by atoms with van der Waals surface area (Å²) in [5.41, 5.74) is 2.75. The molecule has 1 aliphatic heterocycles. The number of rotatable bonds is 2. The Kier molecular flexibility index (Phi) is 3.71. The van der Waals surface area contributed by atoms with Gasteiger partial charge in [-0.3, -0.25) is 14.1 Å². The van der Waals surface area contributed by atoms with E-state index >= 15 is 0 Å². The standard InChI is InChI=1S/C15H16ClN5OS/c1-9-17-11-3-5-20(4-2-10(11)14(22)18-9)8-12-13(16)19-15-21(12)6-7-23-15/h6-7H,2-5,8H2,1H3,(H,17,18,22). The predicted octanol–water partition coefficient (Wildman–Crippen LogP) is 2.04. The summed E-state index contributed by atoms with van der Waals surface area (Å²) >= 11 is 7.86. The second-order valence-electron chi connectivity index (χ2n) is 5.76. The van der Waals surface area contributed by atoms with E-state index in [4.69, 9.17) is 11.6 Å². The zero-order valence-corrected chi connectivity index (χ0v) is 14.2. The minimum absolute atomic E-state index is 0.00281. The van der Waals surface area contributed by atoms with Crippen LogP contribution in [0.3, 0.4) is 0 Å². The molecule has 0 saturated heterocycles. The number of hydrogen-bond acceptors (Lipinski definition) is 5. The van der Waals surface area contributed by atoms with Gasteiger partial charge in [-0.2, -0.15) is 0 Å². The van der Waals surface area contributed by atoms with Crippen molar-refractivity contribution in [2.75, 3.05) is 13.1 Å². The lowest BCUT2D eigenvalue weighted by molar-refractivity contribution is 0.275. The minimum atomic E-state index is -0.00281. The van der Waals surface area contributed by atoms with Gasteiger partial charge in [0.15, 0.2) is 10.1 Å². The van der Waals surface area contributed by atoms with Crippen molar-refractivity contribution in [1.82, 2.24) is 24.3 Å². The van der Waals surface area contributed by atoms with Crippen molar-refractivity contribution in [3.63, 3.8) is 0 Å². The van der Waals surface area contributed by atoms with Crippen molar-refractivity contribution < 1.29 is 0 Å². The predicted molar refractivity (Wildman–Crippen MR) is 90.4 cm³/mol. The highest BCUT2D eigenvalue weighted by Gasteiger charge is 2.20. The summed E-state index contributed by atoms with van der Waals surface area (Å²) < 4.78 is 2.04. The van der Waals surface area contributed by atoms with E-state index in [1.165, 1.54) is 0 Å². The number of aromatic amines is 1. The normalized spacial score (nSPS) is 15.7. The van der Waals surface area contributed by atoms with E-state index in [2.05, 4.69) is 19.9 Å². The largest absolute Gasteiger partial charge is 0.311 e. The van der Waals surface area contributed by atoms with E-state index in [9.17, 15) is 4.79 Å². The SMILES string of the molecule is Cc1nc2c(c(=O)[nH]1)CCN(Cc1c(Cl)nc3sccn13)CC2. The molecule has 4 heterocycles. The number of hydrogen-bond donors (Lipinski definition) is 1. The average Bonchev–Trinajstić information content (AvgIpc) is 2.98. The number of fused-ring (bicyclic) bond motifs is 2. The van der Waals surface area contributed by atoms with Gasteiger partial charge in [-0.1, -0.05) is 11.6 Å². The van der Waals surface area contributed by atoms with E-state index < -0.39 is 0 Å². The minimum Gasteiger partial charge on any atom is -0.311 e. The third kappa shape index (κ3) is 2.69. The molecule has 8 heteroatoms. The van der Waals surface area contributed by atoms with Crippen LogP contribution >= 0.6 is 22.9 Å². The van der Waals surface area contributed by atoms with Gasteiger partial charge in [-0.25, -0.2) is 9.97 Å². The Morgan fingerprint density at radius 1 is 1.35 bits per heavy atom. The summed E-state index contributed by atoms with van der Waals surface area (Å²) in [6.07, 6.45) is 3.49. The van der Waals surface area contributed by atoms with Gasteiger partial charge in [-0.05, 0) is 13.3 Å². The molecule has 0 aliphatic carbocycles. The quantitative estimate of drug-likeness (QED) is 0.769. The number of H-pyrrole nitrogens is 1. The van der Waals surface area contributed by atoms with Crippen molar-refractivity contribution in [2.45, 2.75) is 26.3 Å². The first-order chi connectivity index (χ1) is 11.1. The van der Waals surface area contributed by atoms with Crippen LogP contribution < -0.4 is 5.56 Å². The Morgan fingerprint density at radius 3 is 3.04 bits per heavy atom. The van der Waals surface area contributed by atoms with E-state index in [1.807, 2.05) is 22.9 Å². The third-order valence-electron chi connectivity index (χ3n) is 4.25. The number of nitrogens with zero attached hydrogens (tertiary/aromatic N) is 4. The summed E-state index contributed by atoms with van der Waals surface area (Å²) in [4.78, 5) is 27.0. The highest BCUT2D eigenvalue weighted by Crippen LogP contribution is 2.23. The first-order valence-electron chi connectivity index (χ1n) is 7.53. The Morgan fingerprint density at radius 2 is 2.17 bits per heavy atom. The molecule has 0 atom stereocenters. The van der Waals surface area contributed by atoms with E-state index in [0.717, 1.165) is 48.0 Å². The average molecular weight is 350 g/mol. The Hall–Kier alpha value is -1.70. The summed E-state index contributed by atoms with van der Waals surface area (Å²) in [6.45, 7) is 4.22. The Bertz CT molecular complexity index is 928. The molecule has 0 bridgehead atoms. The molecule has 4 rings (SSSR count). The third-order valence-corrected chi connectivity index (χ3v) is 5.31. The topological polar surface area (TPSA) is 66.3 Å². The van der Waals surface area contributed by atoms with Crippen LogP contribution in [0.5, 0.6) is 0 Å². The maximum atomic E-state index is 12.1. The van der Waals surface area contributed by atoms with Gasteiger partial charge >= 0.3 is 0 Å². The molecule has 120 valence electrons. The fourth-order valence-electron chi connectivity index (χ4n) is 3.10. The first-order valence-corrected chi connectivity index (χ1v) is 8.78. The van der Waals surface area contributed by atoms with Crippen molar-refractivity contribution in [1.29, 1.82) is 0 Å². The molecule has 0 saturated carbocycles. The summed E-state index contributed by atoms with van der Waals surface area (Å²) in [6, 6.07) is 0.